The highest BCUT2D eigenvalue weighted by Gasteiger charge is 2.70. The molecule has 0 aromatic rings. The summed E-state index contributed by atoms with van der Waals surface area (Å²) in [6, 6.07) is 0. The maximum Gasteiger partial charge on any atom is -0.0235 e. The molecule has 0 radical (unpaired) electrons. The Hall–Kier alpha value is 0. The fraction of sp³-hybridized carbons (Fsp3) is 1.00. The summed E-state index contributed by atoms with van der Waals surface area (Å²) in [5.74, 6) is 5.86. The van der Waals surface area contributed by atoms with E-state index in [0.29, 0.717) is 27.1 Å². The minimum Gasteiger partial charge on any atom is -0.0651 e. The van der Waals surface area contributed by atoms with Crippen molar-refractivity contribution in [3.05, 3.63) is 0 Å². The highest BCUT2D eigenvalue weighted by atomic mass is 14.7. The molecule has 0 bridgehead atoms. The van der Waals surface area contributed by atoms with E-state index < -0.39 is 0 Å². The Balaban J connectivity index is 1.50. The Morgan fingerprint density at radius 1 is 0.645 bits per heavy atom. The van der Waals surface area contributed by atoms with Gasteiger partial charge < -0.3 is 0 Å². The maximum atomic E-state index is 2.82. The second kappa shape index (κ2) is 7.01. The molecule has 0 N–H and O–H groups in total. The first kappa shape index (κ1) is 22.8. The van der Waals surface area contributed by atoms with E-state index in [1.54, 1.807) is 6.42 Å². The summed E-state index contributed by atoms with van der Waals surface area (Å²) in [4.78, 5) is 0. The third-order valence-corrected chi connectivity index (χ3v) is 14.1. The molecule has 178 valence electrons. The van der Waals surface area contributed by atoms with Crippen LogP contribution < -0.4 is 0 Å². The van der Waals surface area contributed by atoms with Crippen LogP contribution >= 0.6 is 0 Å². The van der Waals surface area contributed by atoms with Gasteiger partial charge in [0.15, 0.2) is 0 Å². The molecule has 5 rings (SSSR count). The quantitative estimate of drug-likeness (QED) is 0.412. The van der Waals surface area contributed by atoms with Crippen LogP contribution in [0, 0.1) is 62.6 Å². The van der Waals surface area contributed by atoms with Crippen molar-refractivity contribution in [2.45, 2.75) is 132 Å². The zero-order chi connectivity index (χ0) is 22.4. The maximum absolute atomic E-state index is 2.82. The van der Waals surface area contributed by atoms with Crippen molar-refractivity contribution in [3.8, 4) is 0 Å². The Morgan fingerprint density at radius 2 is 1.26 bits per heavy atom. The molecular formula is C31H54. The van der Waals surface area contributed by atoms with Crippen molar-refractivity contribution in [2.24, 2.45) is 62.6 Å². The van der Waals surface area contributed by atoms with Gasteiger partial charge in [-0.05, 0) is 127 Å². The summed E-state index contributed by atoms with van der Waals surface area (Å²) in [6.07, 6.45) is 18.1. The number of hydrogen-bond acceptors (Lipinski definition) is 0. The van der Waals surface area contributed by atoms with Crippen LogP contribution in [0.5, 0.6) is 0 Å². The molecule has 0 spiro atoms. The van der Waals surface area contributed by atoms with Gasteiger partial charge in [0, 0.05) is 0 Å². The molecule has 0 aromatic carbocycles. The lowest BCUT2D eigenvalue weighted by Crippen LogP contribution is -2.65. The second-order valence-corrected chi connectivity index (χ2v) is 15.2. The van der Waals surface area contributed by atoms with Crippen molar-refractivity contribution in [1.82, 2.24) is 0 Å². The van der Waals surface area contributed by atoms with Crippen LogP contribution in [0.3, 0.4) is 0 Å². The van der Waals surface area contributed by atoms with E-state index in [9.17, 15) is 0 Å². The van der Waals surface area contributed by atoms with Crippen molar-refractivity contribution in [1.29, 1.82) is 0 Å². The van der Waals surface area contributed by atoms with Gasteiger partial charge in [-0.25, -0.2) is 0 Å². The first-order chi connectivity index (χ1) is 14.4. The Morgan fingerprint density at radius 3 is 1.90 bits per heavy atom. The minimum absolute atomic E-state index is 0.560. The molecule has 0 aromatic heterocycles. The van der Waals surface area contributed by atoms with E-state index in [1.165, 1.54) is 70.6 Å². The van der Waals surface area contributed by atoms with Gasteiger partial charge in [-0.3, -0.25) is 0 Å². The van der Waals surface area contributed by atoms with Gasteiger partial charge in [0.1, 0.15) is 0 Å². The lowest BCUT2D eigenvalue weighted by Gasteiger charge is -2.73. The summed E-state index contributed by atoms with van der Waals surface area (Å²) in [5.41, 5.74) is 2.91. The Kier molecular flexibility index (Phi) is 5.15. The molecule has 0 saturated heterocycles. The highest BCUT2D eigenvalue weighted by molar-refractivity contribution is 5.19. The molecule has 0 heterocycles. The van der Waals surface area contributed by atoms with E-state index in [2.05, 4.69) is 55.4 Å². The normalized spacial score (nSPS) is 56.7. The molecule has 31 heavy (non-hydrogen) atoms. The number of rotatable bonds is 2. The van der Waals surface area contributed by atoms with E-state index in [4.69, 9.17) is 0 Å². The van der Waals surface area contributed by atoms with Crippen molar-refractivity contribution in [3.63, 3.8) is 0 Å². The van der Waals surface area contributed by atoms with Crippen LogP contribution in [0.1, 0.15) is 132 Å². The summed E-state index contributed by atoms with van der Waals surface area (Å²) in [5, 5.41) is 0. The average Bonchev–Trinajstić information content (AvgIpc) is 3.04. The Bertz CT molecular complexity index is 705. The summed E-state index contributed by atoms with van der Waals surface area (Å²) < 4.78 is 0. The number of fused-ring (bicyclic) bond motifs is 7. The molecule has 0 aliphatic heterocycles. The van der Waals surface area contributed by atoms with Crippen LogP contribution in [-0.4, -0.2) is 0 Å². The predicted octanol–water partition coefficient (Wildman–Crippen LogP) is 9.52. The monoisotopic (exact) mass is 426 g/mol. The Labute approximate surface area is 195 Å². The average molecular weight is 427 g/mol. The van der Waals surface area contributed by atoms with Crippen LogP contribution in [0.4, 0.5) is 0 Å². The van der Waals surface area contributed by atoms with Gasteiger partial charge >= 0.3 is 0 Å². The molecule has 0 unspecified atom stereocenters. The van der Waals surface area contributed by atoms with Crippen LogP contribution in [-0.2, 0) is 0 Å². The second-order valence-electron chi connectivity index (χ2n) is 15.2. The van der Waals surface area contributed by atoms with Crippen molar-refractivity contribution < 1.29 is 0 Å². The molecule has 5 saturated carbocycles. The molecule has 10 atom stereocenters. The summed E-state index contributed by atoms with van der Waals surface area (Å²) >= 11 is 0. The smallest absolute Gasteiger partial charge is 0.0235 e. The molecule has 5 fully saturated rings. The molecule has 0 heteroatoms. The summed E-state index contributed by atoms with van der Waals surface area (Å²) in [7, 11) is 0. The van der Waals surface area contributed by atoms with Crippen LogP contribution in [0.2, 0.25) is 0 Å². The van der Waals surface area contributed by atoms with E-state index >= 15 is 0 Å². The van der Waals surface area contributed by atoms with E-state index in [0.717, 1.165) is 35.5 Å². The zero-order valence-corrected chi connectivity index (χ0v) is 22.4. The van der Waals surface area contributed by atoms with Gasteiger partial charge in [-0.15, -0.1) is 0 Å². The van der Waals surface area contributed by atoms with E-state index in [1.807, 2.05) is 0 Å². The molecule has 0 nitrogen and oxygen atoms in total. The molecular weight excluding hydrogens is 372 g/mol. The topological polar surface area (TPSA) is 0 Å². The van der Waals surface area contributed by atoms with Crippen LogP contribution in [0.25, 0.3) is 0 Å². The molecule has 5 aliphatic carbocycles. The molecule has 5 aliphatic rings. The highest BCUT2D eigenvalue weighted by Crippen LogP contribution is 2.78. The van der Waals surface area contributed by atoms with Gasteiger partial charge in [-0.1, -0.05) is 68.2 Å². The van der Waals surface area contributed by atoms with E-state index in [-0.39, 0.29) is 0 Å². The minimum atomic E-state index is 0.560. The third-order valence-electron chi connectivity index (χ3n) is 14.1. The molecule has 0 amide bonds. The fourth-order valence-corrected chi connectivity index (χ4v) is 12.3. The zero-order valence-electron chi connectivity index (χ0n) is 22.4. The lowest BCUT2D eigenvalue weighted by atomic mass is 9.32. The first-order valence-corrected chi connectivity index (χ1v) is 14.4. The van der Waals surface area contributed by atoms with Gasteiger partial charge in [0.05, 0.1) is 0 Å². The lowest BCUT2D eigenvalue weighted by molar-refractivity contribution is -0.241. The largest absolute Gasteiger partial charge is 0.0651 e. The third kappa shape index (κ3) is 2.78. The SMILES string of the molecule is CC[C@@H](C)[C@@H]1CC[C@]2(C)[C@H]3CC[C@@H]4[C@@]5(C)CCCC(C)(C)[C@H]5CC[C@@]4(C)[C@]3(C)CC[C@@H]12. The van der Waals surface area contributed by atoms with Gasteiger partial charge in [0.2, 0.25) is 0 Å². The van der Waals surface area contributed by atoms with Crippen molar-refractivity contribution in [2.75, 3.05) is 0 Å². The predicted molar refractivity (Wildman–Crippen MR) is 134 cm³/mol. The summed E-state index contributed by atoms with van der Waals surface area (Å²) in [6.45, 7) is 21.4. The van der Waals surface area contributed by atoms with Crippen molar-refractivity contribution >= 4 is 0 Å². The first-order valence-electron chi connectivity index (χ1n) is 14.4. The van der Waals surface area contributed by atoms with Crippen LogP contribution in [0.15, 0.2) is 0 Å². The standard InChI is InChI=1S/C31H54/c1-9-21(2)22-13-18-28(5)23(22)14-19-30(7)25(28)11-12-26-29(6)17-10-16-27(3,4)24(29)15-20-31(26,30)8/h21-26H,9-20H2,1-8H3/t21-,22+,23+,24-,25-,26-,28+,29+,30-,31-/m1/s1. The van der Waals surface area contributed by atoms with Gasteiger partial charge in [0.25, 0.3) is 0 Å². The number of hydrogen-bond donors (Lipinski definition) is 0. The fourth-order valence-electron chi connectivity index (χ4n) is 12.3. The van der Waals surface area contributed by atoms with Gasteiger partial charge in [-0.2, -0.15) is 0 Å².